The number of hydrogen-bond acceptors (Lipinski definition) is 2. The molecule has 0 aromatic carbocycles. The van der Waals surface area contributed by atoms with E-state index in [0.29, 0.717) is 0 Å². The summed E-state index contributed by atoms with van der Waals surface area (Å²) in [6.45, 7) is 0. The largest absolute Gasteiger partial charge is 0.356 e. The van der Waals surface area contributed by atoms with Gasteiger partial charge in [0.05, 0.1) is 22.8 Å². The van der Waals surface area contributed by atoms with Gasteiger partial charge in [-0.2, -0.15) is 0 Å². The molecule has 3 aromatic rings. The van der Waals surface area contributed by atoms with Crippen molar-refractivity contribution in [1.29, 1.82) is 0 Å². The highest BCUT2D eigenvalue weighted by Gasteiger charge is 1.96. The van der Waals surface area contributed by atoms with E-state index in [0.717, 1.165) is 44.8 Å². The van der Waals surface area contributed by atoms with Crippen molar-refractivity contribution >= 4 is 46.4 Å². The van der Waals surface area contributed by atoms with Crippen LogP contribution in [-0.2, 0) is 0 Å². The summed E-state index contributed by atoms with van der Waals surface area (Å²) in [5.74, 6) is 0. The van der Waals surface area contributed by atoms with Gasteiger partial charge in [0.1, 0.15) is 0 Å². The van der Waals surface area contributed by atoms with Gasteiger partial charge in [0.2, 0.25) is 0 Å². The van der Waals surface area contributed by atoms with Gasteiger partial charge in [-0.3, -0.25) is 0 Å². The topological polar surface area (TPSA) is 57.4 Å². The number of fused-ring (bicyclic) bond motifs is 8. The molecular formula is C28H22N4. The molecule has 0 radical (unpaired) electrons. The second-order valence-corrected chi connectivity index (χ2v) is 7.43. The molecule has 2 N–H and O–H groups in total. The molecule has 3 aromatic heterocycles. The Hall–Kier alpha value is -4.44. The summed E-state index contributed by atoms with van der Waals surface area (Å²) in [5.41, 5.74) is 7.88. The van der Waals surface area contributed by atoms with Crippen molar-refractivity contribution in [2.75, 3.05) is 0 Å². The average molecular weight is 415 g/mol. The second kappa shape index (κ2) is 9.14. The van der Waals surface area contributed by atoms with E-state index in [1.54, 1.807) is 0 Å². The maximum atomic E-state index is 4.61. The smallest absolute Gasteiger partial charge is 0.0637 e. The Labute approximate surface area is 186 Å². The molecule has 2 aliphatic heterocycles. The number of rotatable bonds is 0. The highest BCUT2D eigenvalue weighted by molar-refractivity contribution is 5.71. The van der Waals surface area contributed by atoms with Gasteiger partial charge in [0, 0.05) is 22.1 Å². The molecule has 4 nitrogen and oxygen atoms in total. The Balaban J connectivity index is 1.60. The summed E-state index contributed by atoms with van der Waals surface area (Å²) in [6.07, 6.45) is 8.04. The van der Waals surface area contributed by atoms with Gasteiger partial charge < -0.3 is 9.97 Å². The van der Waals surface area contributed by atoms with Gasteiger partial charge in [-0.25, -0.2) is 9.97 Å². The van der Waals surface area contributed by atoms with E-state index in [-0.39, 0.29) is 0 Å². The minimum atomic E-state index is 0.922. The standard InChI is InChI=1S/C28H22N4/c1-5-21-13-15-23(29-21)7-2-9-25-17-19-27(31-25)11-4-12-28-20-18-26(32-28)10-3-8-24-16-14-22(6-1)30-24/h1-20,29-30H. The summed E-state index contributed by atoms with van der Waals surface area (Å²) in [5, 5.41) is 0. The molecule has 32 heavy (non-hydrogen) atoms. The van der Waals surface area contributed by atoms with Crippen LogP contribution in [0.4, 0.5) is 0 Å². The molecule has 0 amide bonds. The van der Waals surface area contributed by atoms with Crippen LogP contribution in [0, 0.1) is 0 Å². The molecule has 5 rings (SSSR count). The average Bonchev–Trinajstić information content (AvgIpc) is 3.57. The third-order valence-electron chi connectivity index (χ3n) is 5.00. The third kappa shape index (κ3) is 4.99. The van der Waals surface area contributed by atoms with Gasteiger partial charge in [-0.05, 0) is 97.1 Å². The molecule has 4 heteroatoms. The van der Waals surface area contributed by atoms with Crippen LogP contribution < -0.4 is 0 Å². The molecule has 5 heterocycles. The molecule has 2 aliphatic rings. The Morgan fingerprint density at radius 3 is 0.969 bits per heavy atom. The van der Waals surface area contributed by atoms with Gasteiger partial charge in [0.15, 0.2) is 0 Å². The second-order valence-electron chi connectivity index (χ2n) is 7.43. The SMILES string of the molecule is C1=Cc2cccc3ccc(cccc4ccc(cccc5nc(cccc1n2)C=C5)[nH]4)[nH]3. The van der Waals surface area contributed by atoms with Crippen LogP contribution in [0.3, 0.4) is 0 Å². The van der Waals surface area contributed by atoms with Gasteiger partial charge >= 0.3 is 0 Å². The number of nitrogens with one attached hydrogen (secondary N) is 2. The van der Waals surface area contributed by atoms with Crippen LogP contribution in [0.5, 0.6) is 0 Å². The lowest BCUT2D eigenvalue weighted by Gasteiger charge is -1.82. The lowest BCUT2D eigenvalue weighted by molar-refractivity contribution is 1.31. The molecule has 0 fully saturated rings. The lowest BCUT2D eigenvalue weighted by atomic mass is 10.3. The number of aromatic amines is 2. The maximum Gasteiger partial charge on any atom is 0.0637 e. The summed E-state index contributed by atoms with van der Waals surface area (Å²) in [7, 11) is 0. The van der Waals surface area contributed by atoms with Crippen molar-refractivity contribution in [2.45, 2.75) is 0 Å². The maximum absolute atomic E-state index is 4.61. The lowest BCUT2D eigenvalue weighted by Crippen LogP contribution is -1.72. The van der Waals surface area contributed by atoms with E-state index in [4.69, 9.17) is 0 Å². The summed E-state index contributed by atoms with van der Waals surface area (Å²) >= 11 is 0. The first-order valence-corrected chi connectivity index (χ1v) is 10.5. The number of aromatic nitrogens is 4. The van der Waals surface area contributed by atoms with E-state index in [1.807, 2.05) is 85.0 Å². The molecule has 0 saturated carbocycles. The zero-order chi connectivity index (χ0) is 21.6. The van der Waals surface area contributed by atoms with E-state index >= 15 is 0 Å². The molecule has 0 spiro atoms. The first-order chi connectivity index (χ1) is 15.8. The predicted octanol–water partition coefficient (Wildman–Crippen LogP) is 6.90. The van der Waals surface area contributed by atoms with Crippen molar-refractivity contribution in [2.24, 2.45) is 0 Å². The summed E-state index contributed by atoms with van der Waals surface area (Å²) < 4.78 is 0. The summed E-state index contributed by atoms with van der Waals surface area (Å²) in [4.78, 5) is 16.0. The molecule has 0 atom stereocenters. The van der Waals surface area contributed by atoms with Gasteiger partial charge in [-0.1, -0.05) is 24.3 Å². The fourth-order valence-corrected chi connectivity index (χ4v) is 3.41. The Morgan fingerprint density at radius 2 is 0.625 bits per heavy atom. The first kappa shape index (κ1) is 19.5. The van der Waals surface area contributed by atoms with Crippen LogP contribution in [-0.4, -0.2) is 19.9 Å². The monoisotopic (exact) mass is 414 g/mol. The zero-order valence-corrected chi connectivity index (χ0v) is 17.4. The predicted molar refractivity (Wildman–Crippen MR) is 134 cm³/mol. The highest BCUT2D eigenvalue weighted by Crippen LogP contribution is 2.11. The zero-order valence-electron chi connectivity index (χ0n) is 17.4. The van der Waals surface area contributed by atoms with Crippen LogP contribution in [0.25, 0.3) is 46.4 Å². The van der Waals surface area contributed by atoms with Crippen LogP contribution in [0.2, 0.25) is 0 Å². The molecule has 0 aliphatic carbocycles. The van der Waals surface area contributed by atoms with Crippen LogP contribution in [0.1, 0.15) is 22.8 Å². The quantitative estimate of drug-likeness (QED) is 0.289. The minimum Gasteiger partial charge on any atom is -0.356 e. The van der Waals surface area contributed by atoms with E-state index in [1.165, 1.54) is 0 Å². The molecule has 8 bridgehead atoms. The molecule has 0 saturated heterocycles. The van der Waals surface area contributed by atoms with Gasteiger partial charge in [0.25, 0.3) is 0 Å². The molecule has 0 unspecified atom stereocenters. The number of nitrogens with zero attached hydrogens (tertiary/aromatic N) is 2. The van der Waals surface area contributed by atoms with Crippen molar-refractivity contribution in [1.82, 2.24) is 19.9 Å². The normalized spacial score (nSPS) is 11.5. The minimum absolute atomic E-state index is 0.922. The van der Waals surface area contributed by atoms with Crippen molar-refractivity contribution in [3.63, 3.8) is 0 Å². The Bertz CT molecular complexity index is 1380. The summed E-state index contributed by atoms with van der Waals surface area (Å²) in [6, 6.07) is 32.4. The van der Waals surface area contributed by atoms with Crippen LogP contribution in [0.15, 0.2) is 97.1 Å². The highest BCUT2D eigenvalue weighted by atomic mass is 14.7. The molecular weight excluding hydrogens is 392 g/mol. The van der Waals surface area contributed by atoms with Crippen molar-refractivity contribution in [3.05, 3.63) is 120 Å². The molecule has 154 valence electrons. The van der Waals surface area contributed by atoms with Crippen molar-refractivity contribution in [3.8, 4) is 0 Å². The van der Waals surface area contributed by atoms with Crippen molar-refractivity contribution < 1.29 is 0 Å². The van der Waals surface area contributed by atoms with Crippen LogP contribution >= 0.6 is 0 Å². The number of hydrogen-bond donors (Lipinski definition) is 2. The Morgan fingerprint density at radius 1 is 0.344 bits per heavy atom. The van der Waals surface area contributed by atoms with E-state index in [2.05, 4.69) is 56.3 Å². The van der Waals surface area contributed by atoms with Gasteiger partial charge in [-0.15, -0.1) is 0 Å². The first-order valence-electron chi connectivity index (χ1n) is 10.5. The third-order valence-corrected chi connectivity index (χ3v) is 5.00. The van der Waals surface area contributed by atoms with E-state index in [9.17, 15) is 0 Å². The number of H-pyrrole nitrogens is 2. The fraction of sp³-hybridized carbons (Fsp3) is 0. The Kier molecular flexibility index (Phi) is 5.58. The fourth-order valence-electron chi connectivity index (χ4n) is 3.41. The van der Waals surface area contributed by atoms with E-state index < -0.39 is 0 Å².